The van der Waals surface area contributed by atoms with Gasteiger partial charge in [0.25, 0.3) is 0 Å². The molecule has 0 saturated heterocycles. The second kappa shape index (κ2) is 7.46. The Morgan fingerprint density at radius 3 is 2.47 bits per heavy atom. The van der Waals surface area contributed by atoms with Crippen molar-refractivity contribution < 1.29 is 4.74 Å². The standard InChI is InChI=1S/C17H21ClO/c1-14-5-9-16(10-6-14)19-17-11-7-15(8-12-17)4-2-3-13-18/h7-8,11-12,14,16H,3,5-6,9-10,13H2,1H3. The number of rotatable bonds is 3. The highest BCUT2D eigenvalue weighted by Crippen LogP contribution is 2.27. The van der Waals surface area contributed by atoms with E-state index in [4.69, 9.17) is 16.3 Å². The van der Waals surface area contributed by atoms with E-state index in [1.807, 2.05) is 24.3 Å². The second-order valence-corrected chi connectivity index (χ2v) is 5.64. The van der Waals surface area contributed by atoms with Crippen LogP contribution in [0, 0.1) is 17.8 Å². The highest BCUT2D eigenvalue weighted by Gasteiger charge is 2.19. The highest BCUT2D eigenvalue weighted by molar-refractivity contribution is 6.18. The normalized spacial score (nSPS) is 22.4. The second-order valence-electron chi connectivity index (χ2n) is 5.26. The molecule has 0 N–H and O–H groups in total. The van der Waals surface area contributed by atoms with E-state index < -0.39 is 0 Å². The maximum absolute atomic E-state index is 6.01. The summed E-state index contributed by atoms with van der Waals surface area (Å²) in [5.74, 6) is 8.54. The fourth-order valence-electron chi connectivity index (χ4n) is 2.37. The fourth-order valence-corrected chi connectivity index (χ4v) is 2.46. The maximum Gasteiger partial charge on any atom is 0.119 e. The van der Waals surface area contributed by atoms with Gasteiger partial charge in [0.15, 0.2) is 0 Å². The van der Waals surface area contributed by atoms with Crippen LogP contribution in [0.1, 0.15) is 44.6 Å². The molecule has 0 amide bonds. The van der Waals surface area contributed by atoms with Crippen molar-refractivity contribution in [3.05, 3.63) is 29.8 Å². The molecule has 1 aromatic carbocycles. The molecule has 0 spiro atoms. The average molecular weight is 277 g/mol. The van der Waals surface area contributed by atoms with Crippen LogP contribution in [0.15, 0.2) is 24.3 Å². The van der Waals surface area contributed by atoms with Gasteiger partial charge in [0.2, 0.25) is 0 Å². The van der Waals surface area contributed by atoms with E-state index in [1.165, 1.54) is 25.7 Å². The van der Waals surface area contributed by atoms with Crippen LogP contribution in [0.3, 0.4) is 0 Å². The molecule has 2 heteroatoms. The van der Waals surface area contributed by atoms with Crippen LogP contribution in [-0.4, -0.2) is 12.0 Å². The summed E-state index contributed by atoms with van der Waals surface area (Å²) in [5.41, 5.74) is 1.02. The molecule has 0 aromatic heterocycles. The number of alkyl halides is 1. The third-order valence-electron chi connectivity index (χ3n) is 3.57. The lowest BCUT2D eigenvalue weighted by Gasteiger charge is -2.26. The van der Waals surface area contributed by atoms with E-state index in [9.17, 15) is 0 Å². The molecule has 1 fully saturated rings. The van der Waals surface area contributed by atoms with Gasteiger partial charge in [0.05, 0.1) is 6.10 Å². The summed E-state index contributed by atoms with van der Waals surface area (Å²) in [5, 5.41) is 0. The summed E-state index contributed by atoms with van der Waals surface area (Å²) in [4.78, 5) is 0. The minimum Gasteiger partial charge on any atom is -0.490 e. The number of benzene rings is 1. The van der Waals surface area contributed by atoms with Crippen LogP contribution < -0.4 is 4.74 Å². The SMILES string of the molecule is CC1CCC(Oc2ccc(C#CCCCl)cc2)CC1. The number of ether oxygens (including phenoxy) is 1. The van der Waals surface area contributed by atoms with Gasteiger partial charge in [-0.1, -0.05) is 18.8 Å². The summed E-state index contributed by atoms with van der Waals surface area (Å²) in [6.07, 6.45) is 6.06. The molecular weight excluding hydrogens is 256 g/mol. The lowest BCUT2D eigenvalue weighted by Crippen LogP contribution is -2.22. The van der Waals surface area contributed by atoms with Crippen molar-refractivity contribution in [3.8, 4) is 17.6 Å². The molecule has 0 atom stereocenters. The van der Waals surface area contributed by atoms with Crippen molar-refractivity contribution >= 4 is 11.6 Å². The smallest absolute Gasteiger partial charge is 0.119 e. The van der Waals surface area contributed by atoms with Crippen LogP contribution >= 0.6 is 11.6 Å². The van der Waals surface area contributed by atoms with E-state index >= 15 is 0 Å². The first-order chi connectivity index (χ1) is 9.28. The molecule has 102 valence electrons. The molecule has 0 radical (unpaired) electrons. The van der Waals surface area contributed by atoms with Crippen LogP contribution in [-0.2, 0) is 0 Å². The molecule has 1 aliphatic carbocycles. The molecule has 2 rings (SSSR count). The van der Waals surface area contributed by atoms with Gasteiger partial charge < -0.3 is 4.74 Å². The van der Waals surface area contributed by atoms with Crippen LogP contribution in [0.4, 0.5) is 0 Å². The monoisotopic (exact) mass is 276 g/mol. The Kier molecular flexibility index (Phi) is 5.61. The zero-order valence-electron chi connectivity index (χ0n) is 11.5. The van der Waals surface area contributed by atoms with E-state index in [0.29, 0.717) is 12.0 Å². The largest absolute Gasteiger partial charge is 0.490 e. The lowest BCUT2D eigenvalue weighted by molar-refractivity contribution is 0.135. The molecule has 19 heavy (non-hydrogen) atoms. The Hall–Kier alpha value is -1.13. The van der Waals surface area contributed by atoms with Gasteiger partial charge in [-0.25, -0.2) is 0 Å². The summed E-state index contributed by atoms with van der Waals surface area (Å²) in [7, 11) is 0. The van der Waals surface area contributed by atoms with Gasteiger partial charge in [0, 0.05) is 17.9 Å². The third kappa shape index (κ3) is 4.80. The van der Waals surface area contributed by atoms with Gasteiger partial charge in [0.1, 0.15) is 5.75 Å². The third-order valence-corrected chi connectivity index (χ3v) is 3.76. The predicted octanol–water partition coefficient (Wildman–Crippen LogP) is 4.62. The zero-order chi connectivity index (χ0) is 13.5. The Bertz CT molecular complexity index is 433. The minimum absolute atomic E-state index is 0.393. The zero-order valence-corrected chi connectivity index (χ0v) is 12.2. The summed E-state index contributed by atoms with van der Waals surface area (Å²) >= 11 is 5.59. The average Bonchev–Trinajstić information content (AvgIpc) is 2.44. The molecule has 1 nitrogen and oxygen atoms in total. The van der Waals surface area contributed by atoms with Crippen LogP contribution in [0.25, 0.3) is 0 Å². The first-order valence-corrected chi connectivity index (χ1v) is 7.63. The maximum atomic E-state index is 6.01. The molecule has 0 unspecified atom stereocenters. The Balaban J connectivity index is 1.87. The first kappa shape index (κ1) is 14.3. The van der Waals surface area contributed by atoms with Crippen molar-refractivity contribution in [2.24, 2.45) is 5.92 Å². The van der Waals surface area contributed by atoms with E-state index in [1.54, 1.807) is 0 Å². The van der Waals surface area contributed by atoms with Crippen LogP contribution in [0.2, 0.25) is 0 Å². The van der Waals surface area contributed by atoms with Crippen molar-refractivity contribution in [2.75, 3.05) is 5.88 Å². The fraction of sp³-hybridized carbons (Fsp3) is 0.529. The summed E-state index contributed by atoms with van der Waals surface area (Å²) in [6.45, 7) is 2.32. The van der Waals surface area contributed by atoms with Crippen molar-refractivity contribution in [3.63, 3.8) is 0 Å². The summed E-state index contributed by atoms with van der Waals surface area (Å²) in [6, 6.07) is 8.06. The molecular formula is C17H21ClO. The lowest BCUT2D eigenvalue weighted by atomic mass is 9.89. The van der Waals surface area contributed by atoms with E-state index in [0.717, 1.165) is 23.7 Å². The molecule has 1 aromatic rings. The minimum atomic E-state index is 0.393. The Labute approximate surface area is 121 Å². The van der Waals surface area contributed by atoms with Gasteiger partial charge in [-0.2, -0.15) is 0 Å². The topological polar surface area (TPSA) is 9.23 Å². The van der Waals surface area contributed by atoms with Crippen molar-refractivity contribution in [2.45, 2.75) is 45.1 Å². The Morgan fingerprint density at radius 1 is 1.16 bits per heavy atom. The molecule has 0 bridgehead atoms. The van der Waals surface area contributed by atoms with Crippen LogP contribution in [0.5, 0.6) is 5.75 Å². The number of hydrogen-bond donors (Lipinski definition) is 0. The quantitative estimate of drug-likeness (QED) is 0.578. The molecule has 1 aliphatic rings. The van der Waals surface area contributed by atoms with Crippen molar-refractivity contribution in [1.29, 1.82) is 0 Å². The van der Waals surface area contributed by atoms with Gasteiger partial charge >= 0.3 is 0 Å². The molecule has 1 saturated carbocycles. The van der Waals surface area contributed by atoms with Gasteiger partial charge in [-0.05, 0) is 55.9 Å². The number of halogens is 1. The summed E-state index contributed by atoms with van der Waals surface area (Å²) < 4.78 is 6.01. The number of hydrogen-bond acceptors (Lipinski definition) is 1. The molecule has 0 heterocycles. The van der Waals surface area contributed by atoms with E-state index in [2.05, 4.69) is 18.8 Å². The first-order valence-electron chi connectivity index (χ1n) is 7.09. The highest BCUT2D eigenvalue weighted by atomic mass is 35.5. The van der Waals surface area contributed by atoms with Crippen molar-refractivity contribution in [1.82, 2.24) is 0 Å². The Morgan fingerprint density at radius 2 is 1.84 bits per heavy atom. The van der Waals surface area contributed by atoms with Gasteiger partial charge in [-0.15, -0.1) is 11.6 Å². The van der Waals surface area contributed by atoms with E-state index in [-0.39, 0.29) is 0 Å². The molecule has 0 aliphatic heterocycles. The predicted molar refractivity (Wildman–Crippen MR) is 80.7 cm³/mol. The van der Waals surface area contributed by atoms with Gasteiger partial charge in [-0.3, -0.25) is 0 Å².